The Balaban J connectivity index is 0.000000662. The van der Waals surface area contributed by atoms with Gasteiger partial charge in [-0.2, -0.15) is 0 Å². The van der Waals surface area contributed by atoms with E-state index in [9.17, 15) is 57.8 Å². The quantitative estimate of drug-likeness (QED) is 0.0306. The summed E-state index contributed by atoms with van der Waals surface area (Å²) in [6.07, 6.45) is 5.97. The molecule has 0 bridgehead atoms. The molecule has 1 unspecified atom stereocenters. The van der Waals surface area contributed by atoms with E-state index in [1.165, 1.54) is 24.1 Å². The number of hydrogen-bond acceptors (Lipinski definition) is 15. The summed E-state index contributed by atoms with van der Waals surface area (Å²) in [4.78, 5) is 148. The van der Waals surface area contributed by atoms with Crippen LogP contribution in [0.25, 0.3) is 0 Å². The molecule has 96 heavy (non-hydrogen) atoms. The highest BCUT2D eigenvalue weighted by molar-refractivity contribution is 6.12. The van der Waals surface area contributed by atoms with Crippen LogP contribution in [0.2, 0.25) is 0 Å². The molecule has 2 heterocycles. The number of unbranched alkanes of at least 4 members (excludes halogenated alkanes) is 2. The smallest absolute Gasteiger partial charge is 0.410 e. The fraction of sp³-hybridized carbons (Fsp3) is 0.658. The summed E-state index contributed by atoms with van der Waals surface area (Å²) < 4.78 is 16.6. The Morgan fingerprint density at radius 1 is 0.708 bits per heavy atom. The number of imide groups is 1. The van der Waals surface area contributed by atoms with E-state index in [0.29, 0.717) is 55.8 Å². The molecule has 6 N–H and O–H groups in total. The molecule has 0 aliphatic carbocycles. The van der Waals surface area contributed by atoms with E-state index < -0.39 is 48.1 Å². The second-order valence-electron chi connectivity index (χ2n) is 27.2. The molecule has 1 fully saturated rings. The van der Waals surface area contributed by atoms with Gasteiger partial charge in [0.1, 0.15) is 12.4 Å². The lowest BCUT2D eigenvalue weighted by Crippen LogP contribution is -2.48. The number of anilines is 1. The van der Waals surface area contributed by atoms with E-state index in [-0.39, 0.29) is 153 Å². The van der Waals surface area contributed by atoms with Gasteiger partial charge in [-0.25, -0.2) is 9.59 Å². The molecule has 9 amide bonds. The molecule has 0 saturated carbocycles. The van der Waals surface area contributed by atoms with Crippen LogP contribution in [0.4, 0.5) is 15.3 Å². The number of ketones is 3. The molecule has 2 aromatic rings. The molecule has 23 nitrogen and oxygen atoms in total. The van der Waals surface area contributed by atoms with Gasteiger partial charge < -0.3 is 55.7 Å². The normalized spacial score (nSPS) is 17.2. The number of amides is 9. The van der Waals surface area contributed by atoms with Crippen molar-refractivity contribution in [2.75, 3.05) is 53.3 Å². The van der Waals surface area contributed by atoms with Gasteiger partial charge in [0, 0.05) is 115 Å². The number of rotatable bonds is 40. The first-order chi connectivity index (χ1) is 45.3. The van der Waals surface area contributed by atoms with Gasteiger partial charge >= 0.3 is 12.1 Å². The Hall–Kier alpha value is -7.37. The minimum Gasteiger partial charge on any atom is -0.445 e. The monoisotopic (exact) mass is 1340 g/mol. The number of likely N-dealkylation sites (N-methyl/N-ethyl adjacent to an activating group) is 1. The van der Waals surface area contributed by atoms with E-state index in [1.807, 2.05) is 90.6 Å². The average molecular weight is 1340 g/mol. The summed E-state index contributed by atoms with van der Waals surface area (Å²) in [6, 6.07) is 13.5. The van der Waals surface area contributed by atoms with Gasteiger partial charge in [-0.05, 0) is 105 Å². The summed E-state index contributed by atoms with van der Waals surface area (Å²) in [5.41, 5.74) is 7.06. The summed E-state index contributed by atoms with van der Waals surface area (Å²) in [5.74, 6) is -4.26. The molecule has 0 spiro atoms. The number of likely N-dealkylation sites (tertiary alicyclic amines) is 1. The summed E-state index contributed by atoms with van der Waals surface area (Å²) in [5, 5.41) is 18.8. The number of primary amides is 1. The van der Waals surface area contributed by atoms with Crippen LogP contribution in [-0.4, -0.2) is 174 Å². The van der Waals surface area contributed by atoms with Crippen molar-refractivity contribution in [3.05, 3.63) is 77.9 Å². The zero-order chi connectivity index (χ0) is 72.1. The van der Waals surface area contributed by atoms with E-state index in [0.717, 1.165) is 29.7 Å². The second kappa shape index (κ2) is 41.7. The topological polar surface area (TPSA) is 311 Å². The van der Waals surface area contributed by atoms with Gasteiger partial charge in [0.25, 0.3) is 11.8 Å². The van der Waals surface area contributed by atoms with Crippen molar-refractivity contribution in [3.8, 4) is 0 Å². The number of nitrogens with one attached hydrogen (secondary N) is 3. The average Bonchev–Trinajstić information content (AvgIpc) is 1.60. The standard InChI is InChI=1S/C49H77N7O10.C24H37NO5/c1-12-33(8)34(9)54(10)47(63)38(30(2)3)28-40(58)45(32(6)7)55(11)49(65)66-29-35-19-21-37(22-20-35)52-46(62)36(17-16-25-51-48(50)64)27-39(57)44(31(4)5)53-41(59)18-14-13-15-26-56-42(60)23-24-43(56)61;1-16(23(28)19-10-7-6-8-11-19)14-21(26)18(3)24(30-5)20-12-9-13-25(20)22(27)15-17(2)29-4/h19-24,30-34,36,38,44-45H,12-18,25-29H2,1-11H3,(H,52,62)(H,53,59)(H3,50,51,64);6-8,10-11,16-18,20,23-24,28H,9,12-15H2,1-5H3/t33-,34+,36+,38?,44-,45-;16-,17-,18-,20-,23+,24+/m00/s1. The van der Waals surface area contributed by atoms with Crippen LogP contribution in [0, 0.1) is 47.3 Å². The van der Waals surface area contributed by atoms with Gasteiger partial charge in [0.05, 0.1) is 42.9 Å². The number of nitrogens with two attached hydrogens (primary N) is 1. The van der Waals surface area contributed by atoms with Crippen molar-refractivity contribution >= 4 is 70.6 Å². The van der Waals surface area contributed by atoms with E-state index in [1.54, 1.807) is 64.3 Å². The summed E-state index contributed by atoms with van der Waals surface area (Å²) in [7, 11) is 6.51. The number of Topliss-reactive ketones (excluding diaryl/α,β-unsaturated/α-hetero) is 3. The Morgan fingerprint density at radius 2 is 1.34 bits per heavy atom. The zero-order valence-corrected chi connectivity index (χ0v) is 60.1. The Morgan fingerprint density at radius 3 is 1.91 bits per heavy atom. The van der Waals surface area contributed by atoms with Crippen LogP contribution in [0.5, 0.6) is 0 Å². The zero-order valence-electron chi connectivity index (χ0n) is 60.1. The first-order valence-electron chi connectivity index (χ1n) is 34.4. The van der Waals surface area contributed by atoms with Crippen LogP contribution >= 0.6 is 0 Å². The lowest BCUT2D eigenvalue weighted by atomic mass is 9.84. The van der Waals surface area contributed by atoms with Crippen LogP contribution < -0.4 is 21.7 Å². The number of carbonyl (C=O) groups excluding carboxylic acids is 11. The van der Waals surface area contributed by atoms with E-state index in [4.69, 9.17) is 19.9 Å². The SMILES string of the molecule is CC[C@H](C)[C@@H](C)N(C)C(=O)C(CC(=O)[C@H](C(C)C)N(C)C(=O)OCc1ccc(NC(=O)[C@H](CCCNC(N)=O)CC(=O)[C@@H](NC(=O)CCCCCN2C(=O)C=CC2=O)C(C)C)cc1)C(C)C.CO[C@H]([C@@H](C)C(=O)C[C@H](C)[C@@H](O)c1ccccc1)[C@@H]1CCCN1C(=O)C[C@H](C)OC. The van der Waals surface area contributed by atoms with Gasteiger partial charge in [-0.3, -0.25) is 48.1 Å². The highest BCUT2D eigenvalue weighted by atomic mass is 16.6. The lowest BCUT2D eigenvalue weighted by Gasteiger charge is -2.35. The number of benzene rings is 2. The van der Waals surface area contributed by atoms with Crippen LogP contribution in [0.1, 0.15) is 184 Å². The molecular formula is C73H114N8O15. The molecule has 4 rings (SSSR count). The second-order valence-corrected chi connectivity index (χ2v) is 27.2. The predicted octanol–water partition coefficient (Wildman–Crippen LogP) is 9.38. The molecule has 2 aromatic carbocycles. The largest absolute Gasteiger partial charge is 0.445 e. The van der Waals surface area contributed by atoms with Crippen molar-refractivity contribution in [3.63, 3.8) is 0 Å². The first-order valence-corrected chi connectivity index (χ1v) is 34.4. The number of urea groups is 1. The highest BCUT2D eigenvalue weighted by Crippen LogP contribution is 2.32. The Labute approximate surface area is 570 Å². The van der Waals surface area contributed by atoms with Crippen molar-refractivity contribution in [2.45, 2.75) is 216 Å². The van der Waals surface area contributed by atoms with Crippen LogP contribution in [0.15, 0.2) is 66.7 Å². The molecule has 23 heteroatoms. The van der Waals surface area contributed by atoms with Gasteiger partial charge in [-0.1, -0.05) is 125 Å². The van der Waals surface area contributed by atoms with E-state index >= 15 is 0 Å². The van der Waals surface area contributed by atoms with Crippen molar-refractivity contribution in [1.82, 2.24) is 30.2 Å². The number of carbonyl (C=O) groups is 11. The molecule has 0 aromatic heterocycles. The number of nitrogens with zero attached hydrogens (tertiary/aromatic N) is 4. The first kappa shape index (κ1) is 82.9. The van der Waals surface area contributed by atoms with Crippen LogP contribution in [0.3, 0.4) is 0 Å². The Kier molecular flexibility index (Phi) is 36.0. The van der Waals surface area contributed by atoms with Crippen molar-refractivity contribution < 1.29 is 72.1 Å². The predicted molar refractivity (Wildman–Crippen MR) is 368 cm³/mol. The third-order valence-corrected chi connectivity index (χ3v) is 18.9. The molecule has 2 aliphatic heterocycles. The molecule has 536 valence electrons. The lowest BCUT2D eigenvalue weighted by molar-refractivity contribution is -0.142. The van der Waals surface area contributed by atoms with Crippen molar-refractivity contribution in [2.24, 2.45) is 53.1 Å². The van der Waals surface area contributed by atoms with Gasteiger partial charge in [0.15, 0.2) is 11.6 Å². The van der Waals surface area contributed by atoms with Crippen molar-refractivity contribution in [1.29, 1.82) is 0 Å². The number of methoxy groups -OCH3 is 2. The van der Waals surface area contributed by atoms with Gasteiger partial charge in [0.2, 0.25) is 23.6 Å². The summed E-state index contributed by atoms with van der Waals surface area (Å²) >= 11 is 0. The molecule has 2 aliphatic rings. The fourth-order valence-corrected chi connectivity index (χ4v) is 12.3. The Bertz CT molecular complexity index is 2870. The molecular weight excluding hydrogens is 1230 g/mol. The van der Waals surface area contributed by atoms with Crippen LogP contribution in [-0.2, 0) is 64.0 Å². The van der Waals surface area contributed by atoms with E-state index in [2.05, 4.69) is 29.8 Å². The highest BCUT2D eigenvalue weighted by Gasteiger charge is 2.41. The van der Waals surface area contributed by atoms with Gasteiger partial charge in [-0.15, -0.1) is 0 Å². The maximum Gasteiger partial charge on any atom is 0.410 e. The summed E-state index contributed by atoms with van der Waals surface area (Å²) in [6.45, 7) is 24.0. The third kappa shape index (κ3) is 26.2. The number of hydrogen-bond donors (Lipinski definition) is 5. The number of aliphatic hydroxyl groups is 1. The molecule has 1 saturated heterocycles. The molecule has 12 atom stereocenters. The number of ether oxygens (including phenoxy) is 3. The molecule has 0 radical (unpaired) electrons. The number of aliphatic hydroxyl groups excluding tert-OH is 1. The maximum atomic E-state index is 13.8. The third-order valence-electron chi connectivity index (χ3n) is 18.9. The fourth-order valence-electron chi connectivity index (χ4n) is 12.3. The minimum atomic E-state index is -0.853. The maximum absolute atomic E-state index is 13.8. The minimum absolute atomic E-state index is 0.00696.